The molecule has 1 aromatic carbocycles. The van der Waals surface area contributed by atoms with E-state index in [0.717, 1.165) is 47.6 Å². The van der Waals surface area contributed by atoms with Gasteiger partial charge in [0.2, 0.25) is 5.91 Å². The van der Waals surface area contributed by atoms with Gasteiger partial charge in [0.1, 0.15) is 0 Å². The Bertz CT molecular complexity index is 1150. The molecule has 4 unspecified atom stereocenters. The highest BCUT2D eigenvalue weighted by atomic mass is 35.5. The molecule has 7 heteroatoms. The van der Waals surface area contributed by atoms with Crippen LogP contribution >= 0.6 is 11.6 Å². The monoisotopic (exact) mass is 523 g/mol. The second kappa shape index (κ2) is 11.6. The smallest absolute Gasteiger partial charge is 0.306 e. The number of rotatable bonds is 9. The maximum absolute atomic E-state index is 13.1. The Morgan fingerprint density at radius 2 is 1.95 bits per heavy atom. The van der Waals surface area contributed by atoms with E-state index in [1.165, 1.54) is 0 Å². The third-order valence-corrected chi connectivity index (χ3v) is 7.83. The molecule has 1 amide bonds. The van der Waals surface area contributed by atoms with Crippen LogP contribution in [0, 0.1) is 23.2 Å². The van der Waals surface area contributed by atoms with E-state index in [-0.39, 0.29) is 17.2 Å². The lowest BCUT2D eigenvalue weighted by Gasteiger charge is -2.34. The van der Waals surface area contributed by atoms with Crippen LogP contribution in [0.5, 0.6) is 0 Å². The number of carboxylic acid groups (broad SMARTS) is 1. The summed E-state index contributed by atoms with van der Waals surface area (Å²) in [6.07, 6.45) is 13.4. The van der Waals surface area contributed by atoms with Crippen molar-refractivity contribution >= 4 is 29.2 Å². The van der Waals surface area contributed by atoms with Crippen LogP contribution in [0.25, 0.3) is 5.70 Å². The molecule has 2 aliphatic carbocycles. The number of aliphatic carboxylic acids is 1. The lowest BCUT2D eigenvalue weighted by Crippen LogP contribution is -2.40. The summed E-state index contributed by atoms with van der Waals surface area (Å²) in [6, 6.07) is 7.67. The molecule has 0 spiro atoms. The van der Waals surface area contributed by atoms with E-state index in [9.17, 15) is 14.7 Å². The molecule has 1 aliphatic heterocycles. The molecule has 37 heavy (non-hydrogen) atoms. The first-order valence-electron chi connectivity index (χ1n) is 13.3. The van der Waals surface area contributed by atoms with E-state index in [0.29, 0.717) is 36.7 Å². The number of nitrogens with one attached hydrogen (secondary N) is 3. The largest absolute Gasteiger partial charge is 0.481 e. The van der Waals surface area contributed by atoms with Crippen LogP contribution in [0.4, 0.5) is 0 Å². The average molecular weight is 524 g/mol. The second-order valence-corrected chi connectivity index (χ2v) is 11.5. The first kappa shape index (κ1) is 27.1. The maximum atomic E-state index is 13.1. The van der Waals surface area contributed by atoms with Gasteiger partial charge in [-0.25, -0.2) is 0 Å². The number of benzene rings is 1. The van der Waals surface area contributed by atoms with E-state index >= 15 is 0 Å². The van der Waals surface area contributed by atoms with Crippen molar-refractivity contribution in [2.45, 2.75) is 59.3 Å². The first-order chi connectivity index (χ1) is 17.6. The van der Waals surface area contributed by atoms with Crippen molar-refractivity contribution in [3.8, 4) is 0 Å². The fourth-order valence-electron chi connectivity index (χ4n) is 5.40. The lowest BCUT2D eigenvalue weighted by atomic mass is 9.76. The molecule has 0 saturated carbocycles. The Balaban J connectivity index is 1.48. The van der Waals surface area contributed by atoms with Crippen molar-refractivity contribution in [1.29, 1.82) is 0 Å². The summed E-state index contributed by atoms with van der Waals surface area (Å²) < 4.78 is 0. The zero-order chi connectivity index (χ0) is 26.6. The molecule has 198 valence electrons. The number of carbonyl (C=O) groups excluding carboxylic acids is 1. The molecule has 0 aromatic heterocycles. The number of fused-ring (bicyclic) bond motifs is 1. The predicted octanol–water partition coefficient (Wildman–Crippen LogP) is 5.99. The number of amides is 1. The Labute approximate surface area is 224 Å². The molecule has 4 rings (SSSR count). The summed E-state index contributed by atoms with van der Waals surface area (Å²) in [7, 11) is 0. The van der Waals surface area contributed by atoms with Crippen molar-refractivity contribution in [1.82, 2.24) is 16.0 Å². The third kappa shape index (κ3) is 6.86. The summed E-state index contributed by atoms with van der Waals surface area (Å²) in [6.45, 7) is 6.85. The van der Waals surface area contributed by atoms with Gasteiger partial charge in [-0.05, 0) is 68.2 Å². The SMILES string of the molecule is CC1CC=CC(C)(CNC(=O)C2C=C3NC(CCCC(C)C(=O)O)=C(c4ccc(Cl)cc4)NC3=CC2)C1. The molecule has 3 aliphatic rings. The molecular weight excluding hydrogens is 486 g/mol. The summed E-state index contributed by atoms with van der Waals surface area (Å²) in [4.78, 5) is 24.4. The molecule has 4 N–H and O–H groups in total. The molecular formula is C30H38ClN3O3. The number of hydrogen-bond donors (Lipinski definition) is 4. The quantitative estimate of drug-likeness (QED) is 0.298. The first-order valence-corrected chi connectivity index (χ1v) is 13.6. The minimum Gasteiger partial charge on any atom is -0.481 e. The van der Waals surface area contributed by atoms with Gasteiger partial charge >= 0.3 is 5.97 Å². The molecule has 1 heterocycles. The number of carboxylic acids is 1. The number of carbonyl (C=O) groups is 2. The Morgan fingerprint density at radius 3 is 2.65 bits per heavy atom. The lowest BCUT2D eigenvalue weighted by molar-refractivity contribution is -0.141. The van der Waals surface area contributed by atoms with Crippen LogP contribution in [-0.4, -0.2) is 23.5 Å². The van der Waals surface area contributed by atoms with Crippen molar-refractivity contribution < 1.29 is 14.7 Å². The zero-order valence-corrected chi connectivity index (χ0v) is 22.7. The van der Waals surface area contributed by atoms with Gasteiger partial charge in [-0.3, -0.25) is 9.59 Å². The highest BCUT2D eigenvalue weighted by Gasteiger charge is 2.30. The zero-order valence-electron chi connectivity index (χ0n) is 21.9. The van der Waals surface area contributed by atoms with Gasteiger partial charge in [0, 0.05) is 22.7 Å². The van der Waals surface area contributed by atoms with E-state index in [2.05, 4.69) is 48.0 Å². The van der Waals surface area contributed by atoms with Gasteiger partial charge < -0.3 is 21.1 Å². The van der Waals surface area contributed by atoms with Crippen molar-refractivity contribution in [2.75, 3.05) is 6.54 Å². The second-order valence-electron chi connectivity index (χ2n) is 11.1. The van der Waals surface area contributed by atoms with Crippen molar-refractivity contribution in [2.24, 2.45) is 23.2 Å². The molecule has 0 saturated heterocycles. The van der Waals surface area contributed by atoms with Crippen molar-refractivity contribution in [3.63, 3.8) is 0 Å². The minimum absolute atomic E-state index is 0.00272. The number of allylic oxidation sites excluding steroid dienone is 3. The Morgan fingerprint density at radius 1 is 1.19 bits per heavy atom. The Kier molecular flexibility index (Phi) is 8.48. The van der Waals surface area contributed by atoms with E-state index in [4.69, 9.17) is 11.6 Å². The van der Waals surface area contributed by atoms with E-state index in [1.807, 2.05) is 30.3 Å². The normalized spacial score (nSPS) is 25.7. The van der Waals surface area contributed by atoms with Gasteiger partial charge in [0.25, 0.3) is 0 Å². The molecule has 0 fully saturated rings. The summed E-state index contributed by atoms with van der Waals surface area (Å²) in [5, 5.41) is 20.2. The molecule has 1 aromatic rings. The number of halogens is 1. The average Bonchev–Trinajstić information content (AvgIpc) is 2.87. The minimum atomic E-state index is -0.775. The summed E-state index contributed by atoms with van der Waals surface area (Å²) >= 11 is 6.11. The van der Waals surface area contributed by atoms with Gasteiger partial charge in [-0.2, -0.15) is 0 Å². The van der Waals surface area contributed by atoms with Crippen LogP contribution in [0.15, 0.2) is 65.7 Å². The van der Waals surface area contributed by atoms with Crippen LogP contribution in [0.2, 0.25) is 5.02 Å². The molecule has 0 radical (unpaired) electrons. The highest BCUT2D eigenvalue weighted by molar-refractivity contribution is 6.30. The Hall–Kier alpha value is -2.99. The van der Waals surface area contributed by atoms with E-state index in [1.54, 1.807) is 6.92 Å². The standard InChI is InChI=1S/C30H38ClN3O3/c1-19-6-5-15-30(3,17-19)18-32-28(35)22-11-14-24-26(16-22)33-25(8-4-7-20(2)29(36)37)27(34-24)21-9-12-23(31)13-10-21/h5,9-10,12-16,19-20,22,33-34H,4,6-8,11,17-18H2,1-3H3,(H,32,35)(H,36,37). The molecule has 6 nitrogen and oxygen atoms in total. The van der Waals surface area contributed by atoms with E-state index < -0.39 is 11.9 Å². The fraction of sp³-hybridized carbons (Fsp3) is 0.467. The van der Waals surface area contributed by atoms with Crippen molar-refractivity contribution in [3.05, 3.63) is 76.2 Å². The summed E-state index contributed by atoms with van der Waals surface area (Å²) in [5.41, 5.74) is 4.78. The highest BCUT2D eigenvalue weighted by Crippen LogP contribution is 2.34. The van der Waals surface area contributed by atoms with Gasteiger partial charge in [-0.1, -0.05) is 62.7 Å². The topological polar surface area (TPSA) is 90.5 Å². The van der Waals surface area contributed by atoms with Crippen LogP contribution in [0.3, 0.4) is 0 Å². The van der Waals surface area contributed by atoms with Gasteiger partial charge in [0.15, 0.2) is 0 Å². The fourth-order valence-corrected chi connectivity index (χ4v) is 5.53. The maximum Gasteiger partial charge on any atom is 0.306 e. The van der Waals surface area contributed by atoms with Crippen LogP contribution in [-0.2, 0) is 9.59 Å². The predicted molar refractivity (Wildman–Crippen MR) is 148 cm³/mol. The number of hydrogen-bond acceptors (Lipinski definition) is 4. The van der Waals surface area contributed by atoms with Crippen LogP contribution in [0.1, 0.15) is 64.9 Å². The molecule has 4 atom stereocenters. The third-order valence-electron chi connectivity index (χ3n) is 7.58. The van der Waals surface area contributed by atoms with Crippen LogP contribution < -0.4 is 16.0 Å². The van der Waals surface area contributed by atoms with Gasteiger partial charge in [0.05, 0.1) is 28.9 Å². The molecule has 0 bridgehead atoms. The van der Waals surface area contributed by atoms with Gasteiger partial charge in [-0.15, -0.1) is 0 Å². The summed E-state index contributed by atoms with van der Waals surface area (Å²) in [5.74, 6) is -0.737.